The molecule has 0 N–H and O–H groups in total. The van der Waals surface area contributed by atoms with Crippen LogP contribution in [-0.4, -0.2) is 40.7 Å². The van der Waals surface area contributed by atoms with Gasteiger partial charge in [-0.1, -0.05) is 64.8 Å². The van der Waals surface area contributed by atoms with Crippen molar-refractivity contribution in [1.82, 2.24) is 0 Å². The summed E-state index contributed by atoms with van der Waals surface area (Å²) in [7, 11) is -0.157. The summed E-state index contributed by atoms with van der Waals surface area (Å²) in [4.78, 5) is 11.7. The Morgan fingerprint density at radius 1 is 1.14 bits per heavy atom. The van der Waals surface area contributed by atoms with Crippen molar-refractivity contribution in [1.29, 1.82) is 0 Å². The monoisotopic (exact) mass is 502 g/mol. The Morgan fingerprint density at radius 3 is 2.49 bits per heavy atom. The minimum absolute atomic E-state index is 0.0222. The summed E-state index contributed by atoms with van der Waals surface area (Å²) in [6.07, 6.45) is 13.1. The van der Waals surface area contributed by atoms with Gasteiger partial charge in [-0.3, -0.25) is 0 Å². The average Bonchev–Trinajstić information content (AvgIpc) is 3.13. The molecule has 35 heavy (non-hydrogen) atoms. The second-order valence-electron chi connectivity index (χ2n) is 14.0. The summed E-state index contributed by atoms with van der Waals surface area (Å²) in [6.45, 7) is 19.1. The van der Waals surface area contributed by atoms with Gasteiger partial charge in [0.05, 0.1) is 12.2 Å². The smallest absolute Gasteiger partial charge is 0.192 e. The molecule has 3 saturated carbocycles. The number of aldehydes is 1. The third-order valence-electron chi connectivity index (χ3n) is 11.2. The highest BCUT2D eigenvalue weighted by molar-refractivity contribution is 6.74. The number of hydrogen-bond acceptors (Lipinski definition) is 4. The fourth-order valence-corrected chi connectivity index (χ4v) is 9.45. The quantitative estimate of drug-likeness (QED) is 0.208. The van der Waals surface area contributed by atoms with Crippen molar-refractivity contribution in [2.75, 3.05) is 13.9 Å². The van der Waals surface area contributed by atoms with E-state index in [1.165, 1.54) is 37.5 Å². The summed E-state index contributed by atoms with van der Waals surface area (Å²) >= 11 is 0. The van der Waals surface area contributed by atoms with Gasteiger partial charge in [-0.05, 0) is 79.8 Å². The zero-order chi connectivity index (χ0) is 25.8. The van der Waals surface area contributed by atoms with E-state index < -0.39 is 8.32 Å². The maximum atomic E-state index is 11.7. The van der Waals surface area contributed by atoms with Crippen LogP contribution in [0.4, 0.5) is 0 Å². The van der Waals surface area contributed by atoms with E-state index in [1.807, 2.05) is 0 Å². The molecule has 8 atom stereocenters. The molecule has 4 nitrogen and oxygen atoms in total. The molecule has 5 heteroatoms. The zero-order valence-electron chi connectivity index (χ0n) is 23.8. The Kier molecular flexibility index (Phi) is 7.43. The van der Waals surface area contributed by atoms with Gasteiger partial charge in [0.1, 0.15) is 13.1 Å². The van der Waals surface area contributed by atoms with E-state index in [4.69, 9.17) is 13.9 Å². The topological polar surface area (TPSA) is 44.8 Å². The minimum atomic E-state index is -1.88. The van der Waals surface area contributed by atoms with Crippen molar-refractivity contribution in [2.45, 2.75) is 110 Å². The number of carbonyl (C=O) groups is 1. The number of allylic oxidation sites excluding steroid dienone is 3. The first-order valence-electron chi connectivity index (χ1n) is 13.9. The summed E-state index contributed by atoms with van der Waals surface area (Å²) in [5.41, 5.74) is 3.34. The Bertz CT molecular complexity index is 870. The van der Waals surface area contributed by atoms with Crippen molar-refractivity contribution < 1.29 is 18.7 Å². The van der Waals surface area contributed by atoms with Crippen LogP contribution in [0.2, 0.25) is 18.1 Å². The molecule has 0 radical (unpaired) electrons. The van der Waals surface area contributed by atoms with Gasteiger partial charge in [-0.25, -0.2) is 0 Å². The third kappa shape index (κ3) is 4.47. The van der Waals surface area contributed by atoms with Crippen molar-refractivity contribution in [3.05, 3.63) is 23.3 Å². The highest BCUT2D eigenvalue weighted by Crippen LogP contribution is 2.66. The van der Waals surface area contributed by atoms with Crippen molar-refractivity contribution in [2.24, 2.45) is 34.5 Å². The van der Waals surface area contributed by atoms with Gasteiger partial charge < -0.3 is 18.7 Å². The van der Waals surface area contributed by atoms with Crippen LogP contribution in [0.25, 0.3) is 0 Å². The zero-order valence-corrected chi connectivity index (χ0v) is 24.8. The van der Waals surface area contributed by atoms with Gasteiger partial charge in [0, 0.05) is 18.4 Å². The number of rotatable bonds is 7. The Morgan fingerprint density at radius 2 is 1.86 bits per heavy atom. The van der Waals surface area contributed by atoms with Crippen LogP contribution in [0, 0.1) is 34.5 Å². The van der Waals surface area contributed by atoms with E-state index in [2.05, 4.69) is 66.8 Å². The lowest BCUT2D eigenvalue weighted by molar-refractivity contribution is -0.144. The molecule has 0 saturated heterocycles. The van der Waals surface area contributed by atoms with E-state index in [9.17, 15) is 4.79 Å². The Balaban J connectivity index is 1.66. The summed E-state index contributed by atoms with van der Waals surface area (Å²) in [6, 6.07) is 0. The Labute approximate surface area is 215 Å². The predicted octanol–water partition coefficient (Wildman–Crippen LogP) is 7.31. The lowest BCUT2D eigenvalue weighted by Crippen LogP contribution is -2.55. The van der Waals surface area contributed by atoms with Crippen molar-refractivity contribution in [3.63, 3.8) is 0 Å². The molecule has 0 spiro atoms. The molecule has 0 heterocycles. The van der Waals surface area contributed by atoms with Gasteiger partial charge in [-0.2, -0.15) is 0 Å². The highest BCUT2D eigenvalue weighted by Gasteiger charge is 2.59. The van der Waals surface area contributed by atoms with E-state index in [1.54, 1.807) is 12.7 Å². The maximum absolute atomic E-state index is 11.7. The first-order chi connectivity index (χ1) is 16.3. The molecular formula is C30H50O4Si. The average molecular weight is 503 g/mol. The maximum Gasteiger partial charge on any atom is 0.192 e. The van der Waals surface area contributed by atoms with Crippen LogP contribution in [0.5, 0.6) is 0 Å². The molecule has 0 bridgehead atoms. The molecule has 0 aromatic carbocycles. The van der Waals surface area contributed by atoms with Gasteiger partial charge in [0.25, 0.3) is 0 Å². The predicted molar refractivity (Wildman–Crippen MR) is 145 cm³/mol. The van der Waals surface area contributed by atoms with Crippen LogP contribution in [-0.2, 0) is 18.7 Å². The molecule has 198 valence electrons. The molecule has 0 amide bonds. The van der Waals surface area contributed by atoms with Crippen molar-refractivity contribution >= 4 is 14.6 Å². The Hall–Kier alpha value is -0.753. The molecule has 0 aliphatic heterocycles. The van der Waals surface area contributed by atoms with Crippen molar-refractivity contribution in [3.8, 4) is 0 Å². The van der Waals surface area contributed by atoms with Crippen LogP contribution in [0.15, 0.2) is 23.3 Å². The largest absolute Gasteiger partial charge is 0.414 e. The lowest BCUT2D eigenvalue weighted by Gasteiger charge is -2.58. The third-order valence-corrected chi connectivity index (χ3v) is 15.7. The van der Waals surface area contributed by atoms with Gasteiger partial charge in [-0.15, -0.1) is 0 Å². The molecule has 4 aliphatic rings. The molecule has 0 aromatic rings. The van der Waals surface area contributed by atoms with Crippen LogP contribution in [0.3, 0.4) is 0 Å². The molecule has 3 unspecified atom stereocenters. The number of hydrogen-bond donors (Lipinski definition) is 0. The number of carbonyl (C=O) groups excluding carboxylic acids is 1. The second-order valence-corrected chi connectivity index (χ2v) is 18.7. The highest BCUT2D eigenvalue weighted by atomic mass is 28.4. The van der Waals surface area contributed by atoms with Crippen LogP contribution < -0.4 is 0 Å². The summed E-state index contributed by atoms with van der Waals surface area (Å²) < 4.78 is 18.9. The standard InChI is InChI=1S/C30H50O4Si/c1-20(18-31)24-12-13-25-23-11-10-21-16-22(34-35(8,9)28(2,3)4)17-27(33-19-32-7)30(21,6)26(23)14-15-29(24,25)5/h10-11,18,20,22,24-27H,12-17,19H2,1-9H3/t20?,22?,24-,25+,26+,27?,29-,30+/m1/s1. The van der Waals surface area contributed by atoms with Crippen LogP contribution >= 0.6 is 0 Å². The van der Waals surface area contributed by atoms with E-state index >= 15 is 0 Å². The number of methoxy groups -OCH3 is 1. The molecular weight excluding hydrogens is 452 g/mol. The minimum Gasteiger partial charge on any atom is -0.414 e. The van der Waals surface area contributed by atoms with E-state index in [-0.39, 0.29) is 34.0 Å². The summed E-state index contributed by atoms with van der Waals surface area (Å²) in [5, 5.41) is 0.191. The first-order valence-corrected chi connectivity index (χ1v) is 16.8. The van der Waals surface area contributed by atoms with Gasteiger partial charge in [0.15, 0.2) is 8.32 Å². The van der Waals surface area contributed by atoms with E-state index in [0.717, 1.165) is 12.8 Å². The van der Waals surface area contributed by atoms with Gasteiger partial charge >= 0.3 is 0 Å². The van der Waals surface area contributed by atoms with Crippen LogP contribution in [0.1, 0.15) is 80.1 Å². The van der Waals surface area contributed by atoms with Gasteiger partial charge in [0.2, 0.25) is 0 Å². The molecule has 4 rings (SSSR count). The number of ether oxygens (including phenoxy) is 2. The second kappa shape index (κ2) is 9.52. The normalized spacial score (nSPS) is 40.2. The fraction of sp³-hybridized carbons (Fsp3) is 0.833. The molecule has 4 aliphatic carbocycles. The molecule has 0 aromatic heterocycles. The lowest BCUT2D eigenvalue weighted by atomic mass is 9.49. The van der Waals surface area contributed by atoms with E-state index in [0.29, 0.717) is 24.5 Å². The first kappa shape index (κ1) is 27.3. The summed E-state index contributed by atoms with van der Waals surface area (Å²) in [5.74, 6) is 1.72. The SMILES string of the molecule is COCOC1CC(O[Si](C)(C)C(C)(C)C)CC2=CC=C3[C@@H]4CC[C@H](C(C)C=O)[C@@]4(C)CC[C@@H]3[C@]21C. The fourth-order valence-electron chi connectivity index (χ4n) is 8.08. The molecule has 3 fully saturated rings. The number of fused-ring (bicyclic) bond motifs is 5.